The molecule has 24 heavy (non-hydrogen) atoms. The molecule has 2 amide bonds. The number of imidazole rings is 1. The van der Waals surface area contributed by atoms with Gasteiger partial charge >= 0.3 is 0 Å². The molecule has 2 heterocycles. The number of amides is 2. The summed E-state index contributed by atoms with van der Waals surface area (Å²) >= 11 is 0. The third-order valence-electron chi connectivity index (χ3n) is 4.87. The molecular formula is C18H24N4O2. The second-order valence-corrected chi connectivity index (χ2v) is 6.56. The fraction of sp³-hybridized carbons (Fsp3) is 0.500. The fourth-order valence-electron chi connectivity index (χ4n) is 3.29. The molecule has 1 aliphatic rings. The van der Waals surface area contributed by atoms with Gasteiger partial charge in [-0.25, -0.2) is 4.98 Å². The molecule has 1 N–H and O–H groups in total. The summed E-state index contributed by atoms with van der Waals surface area (Å²) in [5, 5.41) is 3.00. The Hall–Kier alpha value is -2.37. The van der Waals surface area contributed by atoms with Gasteiger partial charge in [0, 0.05) is 33.6 Å². The van der Waals surface area contributed by atoms with Crippen LogP contribution in [-0.2, 0) is 23.2 Å². The predicted molar refractivity (Wildman–Crippen MR) is 92.3 cm³/mol. The van der Waals surface area contributed by atoms with Crippen LogP contribution in [-0.4, -0.2) is 39.4 Å². The summed E-state index contributed by atoms with van der Waals surface area (Å²) < 4.78 is 2.05. The van der Waals surface area contributed by atoms with Gasteiger partial charge in [-0.3, -0.25) is 9.59 Å². The maximum absolute atomic E-state index is 12.4. The van der Waals surface area contributed by atoms with Crippen molar-refractivity contribution in [3.63, 3.8) is 0 Å². The van der Waals surface area contributed by atoms with Crippen LogP contribution in [0.15, 0.2) is 18.2 Å². The third-order valence-corrected chi connectivity index (χ3v) is 4.87. The number of hydrogen-bond donors (Lipinski definition) is 1. The maximum atomic E-state index is 12.4. The Morgan fingerprint density at radius 2 is 2.17 bits per heavy atom. The number of likely N-dealkylation sites (tertiary alicyclic amines) is 1. The highest BCUT2D eigenvalue weighted by Gasteiger charge is 2.26. The van der Waals surface area contributed by atoms with E-state index in [1.807, 2.05) is 32.2 Å². The number of carbonyl (C=O) groups is 2. The molecule has 6 heteroatoms. The van der Waals surface area contributed by atoms with Crippen LogP contribution in [0.2, 0.25) is 0 Å². The zero-order valence-electron chi connectivity index (χ0n) is 14.5. The molecule has 1 fully saturated rings. The molecule has 0 spiro atoms. The Balaban J connectivity index is 1.62. The average molecular weight is 328 g/mol. The SMILES string of the molecule is CC(=O)N1CCCC(C(=O)NCc2ccc3c(c2)nc(C)n3C)C1. The third kappa shape index (κ3) is 3.27. The zero-order valence-corrected chi connectivity index (χ0v) is 14.5. The number of fused-ring (bicyclic) bond motifs is 1. The fourth-order valence-corrected chi connectivity index (χ4v) is 3.29. The first-order valence-corrected chi connectivity index (χ1v) is 8.41. The largest absolute Gasteiger partial charge is 0.352 e. The molecule has 6 nitrogen and oxygen atoms in total. The first kappa shape index (κ1) is 16.5. The van der Waals surface area contributed by atoms with E-state index < -0.39 is 0 Å². The number of aryl methyl sites for hydroxylation is 2. The van der Waals surface area contributed by atoms with Crippen molar-refractivity contribution in [1.29, 1.82) is 0 Å². The quantitative estimate of drug-likeness (QED) is 0.933. The van der Waals surface area contributed by atoms with Gasteiger partial charge in [0.25, 0.3) is 0 Å². The second kappa shape index (κ2) is 6.63. The molecule has 2 aromatic rings. The topological polar surface area (TPSA) is 67.2 Å². The Morgan fingerprint density at radius 1 is 1.38 bits per heavy atom. The standard InChI is InChI=1S/C18H24N4O2/c1-12-20-16-9-14(6-7-17(16)21(12)3)10-19-18(24)15-5-4-8-22(11-15)13(2)23/h6-7,9,15H,4-5,8,10-11H2,1-3H3,(H,19,24). The predicted octanol–water partition coefficient (Wildman–Crippen LogP) is 1.76. The van der Waals surface area contributed by atoms with Crippen molar-refractivity contribution in [3.8, 4) is 0 Å². The highest BCUT2D eigenvalue weighted by molar-refractivity contribution is 5.81. The minimum atomic E-state index is -0.108. The number of nitrogens with zero attached hydrogens (tertiary/aromatic N) is 3. The first-order chi connectivity index (χ1) is 11.5. The van der Waals surface area contributed by atoms with Gasteiger partial charge in [-0.1, -0.05) is 6.07 Å². The van der Waals surface area contributed by atoms with Gasteiger partial charge in [-0.15, -0.1) is 0 Å². The smallest absolute Gasteiger partial charge is 0.225 e. The number of piperidine rings is 1. The van der Waals surface area contributed by atoms with Crippen LogP contribution in [0.1, 0.15) is 31.2 Å². The molecule has 1 atom stereocenters. The molecule has 1 saturated heterocycles. The molecule has 3 rings (SSSR count). The van der Waals surface area contributed by atoms with Crippen molar-refractivity contribution in [2.24, 2.45) is 13.0 Å². The summed E-state index contributed by atoms with van der Waals surface area (Å²) in [6.45, 7) is 5.31. The highest BCUT2D eigenvalue weighted by atomic mass is 16.2. The number of carbonyl (C=O) groups excluding carboxylic acids is 2. The number of aromatic nitrogens is 2. The van der Waals surface area contributed by atoms with Gasteiger partial charge in [0.15, 0.2) is 0 Å². The van der Waals surface area contributed by atoms with Crippen LogP contribution >= 0.6 is 0 Å². The van der Waals surface area contributed by atoms with Gasteiger partial charge < -0.3 is 14.8 Å². The molecule has 1 aliphatic heterocycles. The Morgan fingerprint density at radius 3 is 2.92 bits per heavy atom. The Bertz CT molecular complexity index is 781. The van der Waals surface area contributed by atoms with Crippen molar-refractivity contribution in [3.05, 3.63) is 29.6 Å². The van der Waals surface area contributed by atoms with Gasteiger partial charge in [-0.2, -0.15) is 0 Å². The lowest BCUT2D eigenvalue weighted by atomic mass is 9.97. The van der Waals surface area contributed by atoms with Crippen molar-refractivity contribution >= 4 is 22.8 Å². The van der Waals surface area contributed by atoms with Crippen LogP contribution < -0.4 is 5.32 Å². The summed E-state index contributed by atoms with van der Waals surface area (Å²) in [7, 11) is 2.00. The van der Waals surface area contributed by atoms with E-state index >= 15 is 0 Å². The average Bonchev–Trinajstić information content (AvgIpc) is 2.86. The molecule has 0 aliphatic carbocycles. The lowest BCUT2D eigenvalue weighted by molar-refractivity contribution is -0.134. The van der Waals surface area contributed by atoms with Gasteiger partial charge in [0.2, 0.25) is 11.8 Å². The number of rotatable bonds is 3. The van der Waals surface area contributed by atoms with Gasteiger partial charge in [0.1, 0.15) is 5.82 Å². The van der Waals surface area contributed by atoms with Crippen LogP contribution in [0.3, 0.4) is 0 Å². The normalized spacial score (nSPS) is 18.0. The van der Waals surface area contributed by atoms with Crippen molar-refractivity contribution in [2.45, 2.75) is 33.2 Å². The van der Waals surface area contributed by atoms with Crippen molar-refractivity contribution in [1.82, 2.24) is 19.8 Å². The van der Waals surface area contributed by atoms with E-state index in [9.17, 15) is 9.59 Å². The zero-order chi connectivity index (χ0) is 17.3. The summed E-state index contributed by atoms with van der Waals surface area (Å²) in [5.74, 6) is 0.933. The molecule has 128 valence electrons. The van der Waals surface area contributed by atoms with Crippen LogP contribution in [0.25, 0.3) is 11.0 Å². The van der Waals surface area contributed by atoms with Crippen LogP contribution in [0, 0.1) is 12.8 Å². The molecule has 1 aromatic heterocycles. The summed E-state index contributed by atoms with van der Waals surface area (Å²) in [4.78, 5) is 30.2. The molecule has 1 aromatic carbocycles. The van der Waals surface area contributed by atoms with E-state index in [0.717, 1.165) is 41.8 Å². The molecular weight excluding hydrogens is 304 g/mol. The maximum Gasteiger partial charge on any atom is 0.225 e. The number of hydrogen-bond acceptors (Lipinski definition) is 3. The van der Waals surface area contributed by atoms with Crippen molar-refractivity contribution in [2.75, 3.05) is 13.1 Å². The monoisotopic (exact) mass is 328 g/mol. The summed E-state index contributed by atoms with van der Waals surface area (Å²) in [6, 6.07) is 6.08. The lowest BCUT2D eigenvalue weighted by Gasteiger charge is -2.31. The van der Waals surface area contributed by atoms with Crippen LogP contribution in [0.5, 0.6) is 0 Å². The summed E-state index contributed by atoms with van der Waals surface area (Å²) in [6.07, 6.45) is 1.73. The van der Waals surface area contributed by atoms with Gasteiger partial charge in [-0.05, 0) is 37.5 Å². The molecule has 1 unspecified atom stereocenters. The molecule has 0 saturated carbocycles. The minimum Gasteiger partial charge on any atom is -0.352 e. The first-order valence-electron chi connectivity index (χ1n) is 8.41. The van der Waals surface area contributed by atoms with E-state index in [1.54, 1.807) is 11.8 Å². The van der Waals surface area contributed by atoms with Crippen LogP contribution in [0.4, 0.5) is 0 Å². The number of benzene rings is 1. The highest BCUT2D eigenvalue weighted by Crippen LogP contribution is 2.18. The lowest BCUT2D eigenvalue weighted by Crippen LogP contribution is -2.44. The van der Waals surface area contributed by atoms with E-state index in [1.165, 1.54) is 0 Å². The Labute approximate surface area is 141 Å². The molecule has 0 radical (unpaired) electrons. The minimum absolute atomic E-state index is 0.0262. The molecule has 0 bridgehead atoms. The Kier molecular flexibility index (Phi) is 4.55. The van der Waals surface area contributed by atoms with Crippen molar-refractivity contribution < 1.29 is 9.59 Å². The summed E-state index contributed by atoms with van der Waals surface area (Å²) in [5.41, 5.74) is 3.07. The number of nitrogens with one attached hydrogen (secondary N) is 1. The second-order valence-electron chi connectivity index (χ2n) is 6.56. The van der Waals surface area contributed by atoms with E-state index in [4.69, 9.17) is 0 Å². The van der Waals surface area contributed by atoms with Gasteiger partial charge in [0.05, 0.1) is 17.0 Å². The van der Waals surface area contributed by atoms with E-state index in [-0.39, 0.29) is 17.7 Å². The van der Waals surface area contributed by atoms with E-state index in [0.29, 0.717) is 13.1 Å². The van der Waals surface area contributed by atoms with E-state index in [2.05, 4.69) is 14.9 Å².